The van der Waals surface area contributed by atoms with Crippen molar-refractivity contribution in [2.45, 2.75) is 13.5 Å². The minimum atomic E-state index is -0.565. The van der Waals surface area contributed by atoms with Crippen molar-refractivity contribution in [3.05, 3.63) is 47.4 Å². The molecule has 9 heteroatoms. The molecule has 0 spiro atoms. The van der Waals surface area contributed by atoms with E-state index in [4.69, 9.17) is 16.2 Å². The number of anilines is 2. The number of carbonyl (C=O) groups excluding carboxylic acids is 1. The Morgan fingerprint density at radius 3 is 2.85 bits per heavy atom. The van der Waals surface area contributed by atoms with Gasteiger partial charge in [-0.3, -0.25) is 10.3 Å². The van der Waals surface area contributed by atoms with E-state index in [2.05, 4.69) is 20.6 Å². The summed E-state index contributed by atoms with van der Waals surface area (Å²) in [5.74, 6) is 0.387. The predicted octanol–water partition coefficient (Wildman–Crippen LogP) is 1.86. The fraction of sp³-hybridized carbons (Fsp3) is 0.235. The number of amidine groups is 1. The van der Waals surface area contributed by atoms with Crippen molar-refractivity contribution >= 4 is 23.4 Å². The molecule has 0 saturated carbocycles. The van der Waals surface area contributed by atoms with Crippen LogP contribution in [0.3, 0.4) is 0 Å². The van der Waals surface area contributed by atoms with E-state index in [0.29, 0.717) is 23.5 Å². The molecular weight excluding hydrogens is 339 g/mol. The topological polar surface area (TPSA) is 128 Å². The van der Waals surface area contributed by atoms with E-state index in [1.165, 1.54) is 31.5 Å². The summed E-state index contributed by atoms with van der Waals surface area (Å²) in [6.07, 6.45) is 1.43. The maximum Gasteiger partial charge on any atom is 0.320 e. The number of nitrogens with one attached hydrogen (secondary N) is 2. The van der Waals surface area contributed by atoms with Gasteiger partial charge in [0.1, 0.15) is 23.2 Å². The Balaban J connectivity index is 2.03. The normalized spacial score (nSPS) is 11.1. The maximum atomic E-state index is 13.8. The van der Waals surface area contributed by atoms with Gasteiger partial charge in [-0.05, 0) is 19.1 Å². The highest BCUT2D eigenvalue weighted by atomic mass is 19.1. The number of halogens is 1. The molecule has 8 nitrogen and oxygen atoms in total. The number of ether oxygens (including phenoxy) is 1. The zero-order valence-electron chi connectivity index (χ0n) is 14.5. The molecule has 2 amide bonds. The molecule has 1 heterocycles. The van der Waals surface area contributed by atoms with Gasteiger partial charge < -0.3 is 21.5 Å². The van der Waals surface area contributed by atoms with Gasteiger partial charge in [-0.25, -0.2) is 14.2 Å². The van der Waals surface area contributed by atoms with Crippen molar-refractivity contribution in [1.29, 1.82) is 0 Å². The minimum Gasteiger partial charge on any atom is -0.496 e. The molecule has 0 atom stereocenters. The second-order valence-electron chi connectivity index (χ2n) is 5.24. The Bertz CT molecular complexity index is 825. The monoisotopic (exact) mass is 360 g/mol. The van der Waals surface area contributed by atoms with Crippen molar-refractivity contribution in [3.63, 3.8) is 0 Å². The number of aliphatic imine (C=N–C) groups is 1. The van der Waals surface area contributed by atoms with Crippen LogP contribution in [0.25, 0.3) is 0 Å². The smallest absolute Gasteiger partial charge is 0.320 e. The number of nitrogens with two attached hydrogens (primary N) is 2. The molecule has 0 unspecified atom stereocenters. The molecule has 0 fully saturated rings. The number of rotatable bonds is 6. The van der Waals surface area contributed by atoms with Crippen LogP contribution in [0.15, 0.2) is 35.5 Å². The largest absolute Gasteiger partial charge is 0.496 e. The molecule has 0 aliphatic rings. The lowest BCUT2D eigenvalue weighted by atomic mass is 10.2. The summed E-state index contributed by atoms with van der Waals surface area (Å²) >= 11 is 0. The van der Waals surface area contributed by atoms with Crippen LogP contribution in [-0.2, 0) is 6.54 Å². The van der Waals surface area contributed by atoms with Crippen LogP contribution in [0, 0.1) is 5.82 Å². The first kappa shape index (κ1) is 19.0. The average Bonchev–Trinajstić information content (AvgIpc) is 2.60. The van der Waals surface area contributed by atoms with E-state index in [1.54, 1.807) is 6.07 Å². The first-order chi connectivity index (χ1) is 12.5. The summed E-state index contributed by atoms with van der Waals surface area (Å²) in [5.41, 5.74) is 12.8. The Hall–Kier alpha value is -3.36. The SMILES string of the molecule is CCN=C(N)c1cnc(NC(=O)NCc2c(F)cccc2OC)cc1N. The first-order valence-electron chi connectivity index (χ1n) is 7.88. The van der Waals surface area contributed by atoms with Crippen LogP contribution in [-0.4, -0.2) is 30.5 Å². The lowest BCUT2D eigenvalue weighted by Gasteiger charge is -2.12. The molecule has 2 rings (SSSR count). The number of hydrogen-bond acceptors (Lipinski definition) is 5. The molecule has 138 valence electrons. The summed E-state index contributed by atoms with van der Waals surface area (Å²) in [4.78, 5) is 20.2. The van der Waals surface area contributed by atoms with E-state index < -0.39 is 11.8 Å². The number of carbonyl (C=O) groups is 1. The molecule has 1 aromatic heterocycles. The summed E-state index contributed by atoms with van der Waals surface area (Å²) in [6, 6.07) is 5.34. The number of aromatic nitrogens is 1. The second-order valence-corrected chi connectivity index (χ2v) is 5.24. The van der Waals surface area contributed by atoms with Crippen LogP contribution in [0.5, 0.6) is 5.75 Å². The number of urea groups is 1. The molecule has 1 aromatic carbocycles. The third-order valence-corrected chi connectivity index (χ3v) is 3.50. The maximum absolute atomic E-state index is 13.8. The van der Waals surface area contributed by atoms with Crippen molar-refractivity contribution in [1.82, 2.24) is 10.3 Å². The summed E-state index contributed by atoms with van der Waals surface area (Å²) in [7, 11) is 1.43. The van der Waals surface area contributed by atoms with Crippen molar-refractivity contribution in [2.75, 3.05) is 24.7 Å². The Kier molecular flexibility index (Phi) is 6.31. The number of nitrogens with zero attached hydrogens (tertiary/aromatic N) is 2. The number of benzene rings is 1. The van der Waals surface area contributed by atoms with Gasteiger partial charge in [0.05, 0.1) is 19.2 Å². The van der Waals surface area contributed by atoms with Crippen LogP contribution < -0.4 is 26.8 Å². The molecule has 0 bridgehead atoms. The molecule has 2 aromatic rings. The molecule has 26 heavy (non-hydrogen) atoms. The van der Waals surface area contributed by atoms with Gasteiger partial charge in [0.25, 0.3) is 0 Å². The minimum absolute atomic E-state index is 0.0502. The second kappa shape index (κ2) is 8.65. The summed E-state index contributed by atoms with van der Waals surface area (Å²) in [5, 5.41) is 5.06. The van der Waals surface area contributed by atoms with E-state index in [1.807, 2.05) is 6.92 Å². The van der Waals surface area contributed by atoms with Crippen LogP contribution in [0.4, 0.5) is 20.7 Å². The van der Waals surface area contributed by atoms with Gasteiger partial charge in [-0.1, -0.05) is 6.07 Å². The third kappa shape index (κ3) is 4.59. The number of nitrogen functional groups attached to an aromatic ring is 1. The summed E-state index contributed by atoms with van der Waals surface area (Å²) in [6.45, 7) is 2.32. The lowest BCUT2D eigenvalue weighted by Crippen LogP contribution is -2.29. The van der Waals surface area contributed by atoms with Gasteiger partial charge in [-0.2, -0.15) is 0 Å². The van der Waals surface area contributed by atoms with E-state index >= 15 is 0 Å². The molecule has 0 radical (unpaired) electrons. The number of pyridine rings is 1. The van der Waals surface area contributed by atoms with E-state index in [-0.39, 0.29) is 23.8 Å². The molecular formula is C17H21FN6O2. The lowest BCUT2D eigenvalue weighted by molar-refractivity contribution is 0.251. The molecule has 0 aliphatic heterocycles. The molecule has 0 aliphatic carbocycles. The fourth-order valence-electron chi connectivity index (χ4n) is 2.24. The highest BCUT2D eigenvalue weighted by molar-refractivity contribution is 6.02. The van der Waals surface area contributed by atoms with Gasteiger partial charge in [-0.15, -0.1) is 0 Å². The standard InChI is InChI=1S/C17H21FN6O2/c1-3-21-16(20)11-9-22-15(7-13(11)19)24-17(25)23-8-10-12(18)5-4-6-14(10)26-2/h4-7,9H,3,8H2,1-2H3,(H2,20,21)(H4,19,22,23,24,25). The average molecular weight is 360 g/mol. The molecule has 6 N–H and O–H groups in total. The predicted molar refractivity (Wildman–Crippen MR) is 98.7 cm³/mol. The third-order valence-electron chi connectivity index (χ3n) is 3.50. The van der Waals surface area contributed by atoms with Crippen molar-refractivity contribution < 1.29 is 13.9 Å². The van der Waals surface area contributed by atoms with Gasteiger partial charge >= 0.3 is 6.03 Å². The zero-order valence-corrected chi connectivity index (χ0v) is 14.5. The first-order valence-corrected chi connectivity index (χ1v) is 7.88. The Morgan fingerprint density at radius 1 is 1.42 bits per heavy atom. The number of hydrogen-bond donors (Lipinski definition) is 4. The Labute approximate surface area is 150 Å². The van der Waals surface area contributed by atoms with Gasteiger partial charge in [0.2, 0.25) is 0 Å². The zero-order chi connectivity index (χ0) is 19.1. The fourth-order valence-corrected chi connectivity index (χ4v) is 2.24. The van der Waals surface area contributed by atoms with Gasteiger partial charge in [0.15, 0.2) is 0 Å². The van der Waals surface area contributed by atoms with Gasteiger partial charge in [0, 0.05) is 30.1 Å². The highest BCUT2D eigenvalue weighted by Gasteiger charge is 2.12. The van der Waals surface area contributed by atoms with E-state index in [9.17, 15) is 9.18 Å². The van der Waals surface area contributed by atoms with Crippen molar-refractivity contribution in [3.8, 4) is 5.75 Å². The summed E-state index contributed by atoms with van der Waals surface area (Å²) < 4.78 is 18.9. The quantitative estimate of drug-likeness (QED) is 0.462. The Morgan fingerprint density at radius 2 is 2.19 bits per heavy atom. The van der Waals surface area contributed by atoms with Crippen LogP contribution >= 0.6 is 0 Å². The van der Waals surface area contributed by atoms with E-state index in [0.717, 1.165) is 0 Å². The number of methoxy groups -OCH3 is 1. The highest BCUT2D eigenvalue weighted by Crippen LogP contribution is 2.21. The van der Waals surface area contributed by atoms with Crippen LogP contribution in [0.1, 0.15) is 18.1 Å². The van der Waals surface area contributed by atoms with Crippen molar-refractivity contribution in [2.24, 2.45) is 10.7 Å². The number of amides is 2. The van der Waals surface area contributed by atoms with Crippen LogP contribution in [0.2, 0.25) is 0 Å². The molecule has 0 saturated heterocycles.